The number of carbonyl (C=O) groups excluding carboxylic acids is 2. The van der Waals surface area contributed by atoms with E-state index in [2.05, 4.69) is 10.5 Å². The predicted octanol–water partition coefficient (Wildman–Crippen LogP) is 4.61. The van der Waals surface area contributed by atoms with Gasteiger partial charge in [0.2, 0.25) is 5.91 Å². The van der Waals surface area contributed by atoms with Crippen molar-refractivity contribution in [2.75, 3.05) is 17.3 Å². The first-order valence-electron chi connectivity index (χ1n) is 11.5. The highest BCUT2D eigenvalue weighted by atomic mass is 19.4. The summed E-state index contributed by atoms with van der Waals surface area (Å²) >= 11 is 0. The molecule has 1 heterocycles. The minimum atomic E-state index is -4.75. The van der Waals surface area contributed by atoms with E-state index in [1.807, 2.05) is 6.07 Å². The Bertz CT molecular complexity index is 1540. The largest absolute Gasteiger partial charge is 0.478 e. The van der Waals surface area contributed by atoms with Crippen molar-refractivity contribution in [3.63, 3.8) is 0 Å². The molecule has 200 valence electrons. The summed E-state index contributed by atoms with van der Waals surface area (Å²) in [4.78, 5) is 43.0. The van der Waals surface area contributed by atoms with Crippen LogP contribution in [-0.2, 0) is 20.6 Å². The molecule has 0 saturated heterocycles. The lowest BCUT2D eigenvalue weighted by atomic mass is 9.78. The summed E-state index contributed by atoms with van der Waals surface area (Å²) < 4.78 is 42.2. The highest BCUT2D eigenvalue weighted by Crippen LogP contribution is 2.43. The van der Waals surface area contributed by atoms with Crippen molar-refractivity contribution in [3.05, 3.63) is 76.9 Å². The van der Waals surface area contributed by atoms with E-state index in [4.69, 9.17) is 10.1 Å². The Morgan fingerprint density at radius 3 is 2.54 bits per heavy atom. The summed E-state index contributed by atoms with van der Waals surface area (Å²) in [6, 6.07) is 9.01. The van der Waals surface area contributed by atoms with Crippen LogP contribution in [0.2, 0.25) is 0 Å². The Balaban J connectivity index is 1.70. The Kier molecular flexibility index (Phi) is 6.78. The molecular formula is C27H21F3N4O5. The van der Waals surface area contributed by atoms with Crippen molar-refractivity contribution in [1.29, 1.82) is 5.26 Å². The molecule has 0 aromatic heterocycles. The smallest absolute Gasteiger partial charge is 0.417 e. The highest BCUT2D eigenvalue weighted by molar-refractivity contribution is 6.45. The maximum absolute atomic E-state index is 14.1. The summed E-state index contributed by atoms with van der Waals surface area (Å²) in [6.45, 7) is 2.84. The molecule has 1 aliphatic carbocycles. The van der Waals surface area contributed by atoms with Crippen molar-refractivity contribution in [1.82, 2.24) is 0 Å². The maximum atomic E-state index is 14.1. The van der Waals surface area contributed by atoms with E-state index in [0.29, 0.717) is 0 Å². The van der Waals surface area contributed by atoms with Crippen molar-refractivity contribution in [2.45, 2.75) is 25.6 Å². The number of alkyl halides is 3. The van der Waals surface area contributed by atoms with Gasteiger partial charge in [-0.1, -0.05) is 23.4 Å². The molecule has 0 bridgehead atoms. The van der Waals surface area contributed by atoms with Crippen LogP contribution in [0, 0.1) is 17.2 Å². The molecule has 0 fully saturated rings. The zero-order valence-corrected chi connectivity index (χ0v) is 20.8. The molecule has 2 amide bonds. The van der Waals surface area contributed by atoms with Crippen molar-refractivity contribution in [3.8, 4) is 6.07 Å². The lowest BCUT2D eigenvalue weighted by Crippen LogP contribution is -2.39. The normalized spacial score (nSPS) is 19.7. The number of carbonyl (C=O) groups is 3. The quantitative estimate of drug-likeness (QED) is 0.572. The fourth-order valence-electron chi connectivity index (χ4n) is 4.26. The summed E-state index contributed by atoms with van der Waals surface area (Å²) in [5.74, 6) is -3.55. The van der Waals surface area contributed by atoms with Crippen molar-refractivity contribution < 1.29 is 37.5 Å². The molecule has 4 rings (SSSR count). The van der Waals surface area contributed by atoms with Gasteiger partial charge in [0.25, 0.3) is 5.91 Å². The van der Waals surface area contributed by atoms with Crippen molar-refractivity contribution in [2.24, 2.45) is 11.1 Å². The number of aromatic carboxylic acids is 1. The molecule has 39 heavy (non-hydrogen) atoms. The molecule has 2 unspecified atom stereocenters. The number of fused-ring (bicyclic) bond motifs is 1. The standard InChI is InChI=1S/C27H21F3N4O5/c1-14(35)34(3)17-5-6-18(20(12-17)27(28,29)30)16-8-9-26(2)21(11-16)23(33-39-26)24(36)32-22-7-4-15(13-31)10-19(22)25(37)38/h4-12,21H,1-3H3,(H,32,36)(H,37,38). The van der Waals surface area contributed by atoms with Gasteiger partial charge in [0.1, 0.15) is 0 Å². The fraction of sp³-hybridized carbons (Fsp3) is 0.222. The van der Waals surface area contributed by atoms with Crippen LogP contribution >= 0.6 is 0 Å². The Morgan fingerprint density at radius 1 is 1.21 bits per heavy atom. The number of nitriles is 1. The molecule has 9 nitrogen and oxygen atoms in total. The lowest BCUT2D eigenvalue weighted by molar-refractivity contribution is -0.137. The SMILES string of the molecule is CC(=O)N(C)c1ccc(C2=CC3C(C(=O)Nc4ccc(C#N)cc4C(=O)O)=NOC3(C)C=C2)c(C(F)(F)F)c1. The first kappa shape index (κ1) is 27.1. The summed E-state index contributed by atoms with van der Waals surface area (Å²) in [5.41, 5.74) is -2.64. The van der Waals surface area contributed by atoms with Crippen LogP contribution in [0.3, 0.4) is 0 Å². The molecule has 12 heteroatoms. The van der Waals surface area contributed by atoms with Crippen LogP contribution in [0.5, 0.6) is 0 Å². The van der Waals surface area contributed by atoms with Gasteiger partial charge in [0, 0.05) is 19.7 Å². The second-order valence-electron chi connectivity index (χ2n) is 9.12. The van der Waals surface area contributed by atoms with E-state index in [0.717, 1.165) is 17.0 Å². The zero-order chi connectivity index (χ0) is 28.7. The third kappa shape index (κ3) is 5.11. The Morgan fingerprint density at radius 2 is 1.92 bits per heavy atom. The number of carboxylic acids is 1. The summed E-state index contributed by atoms with van der Waals surface area (Å²) in [7, 11) is 1.36. The van der Waals surface area contributed by atoms with Gasteiger partial charge >= 0.3 is 12.1 Å². The van der Waals surface area contributed by atoms with E-state index in [9.17, 15) is 32.7 Å². The number of hydrogen-bond donors (Lipinski definition) is 2. The number of oxime groups is 1. The molecule has 2 atom stereocenters. The van der Waals surface area contributed by atoms with Gasteiger partial charge < -0.3 is 20.2 Å². The Hall–Kier alpha value is -4.92. The predicted molar refractivity (Wildman–Crippen MR) is 135 cm³/mol. The zero-order valence-electron chi connectivity index (χ0n) is 20.8. The topological polar surface area (TPSA) is 132 Å². The molecule has 0 spiro atoms. The van der Waals surface area contributed by atoms with Crippen LogP contribution in [-0.4, -0.2) is 41.3 Å². The number of allylic oxidation sites excluding steroid dienone is 2. The second-order valence-corrected chi connectivity index (χ2v) is 9.12. The number of nitrogens with zero attached hydrogens (tertiary/aromatic N) is 3. The van der Waals surface area contributed by atoms with Gasteiger partial charge in [-0.3, -0.25) is 9.59 Å². The van der Waals surface area contributed by atoms with Crippen LogP contribution in [0.15, 0.2) is 59.8 Å². The summed E-state index contributed by atoms with van der Waals surface area (Å²) in [5, 5.41) is 24.8. The van der Waals surface area contributed by atoms with E-state index in [1.54, 1.807) is 6.92 Å². The molecule has 2 N–H and O–H groups in total. The maximum Gasteiger partial charge on any atom is 0.417 e. The van der Waals surface area contributed by atoms with Crippen LogP contribution in [0.1, 0.15) is 40.9 Å². The Labute approximate surface area is 220 Å². The molecule has 1 aliphatic heterocycles. The first-order chi connectivity index (χ1) is 18.2. The van der Waals surface area contributed by atoms with E-state index in [-0.39, 0.29) is 39.3 Å². The van der Waals surface area contributed by atoms with Gasteiger partial charge in [-0.15, -0.1) is 0 Å². The van der Waals surface area contributed by atoms with Crippen LogP contribution in [0.25, 0.3) is 5.57 Å². The average molecular weight is 538 g/mol. The van der Waals surface area contributed by atoms with E-state index in [1.165, 1.54) is 56.5 Å². The van der Waals surface area contributed by atoms with E-state index >= 15 is 0 Å². The fourth-order valence-corrected chi connectivity index (χ4v) is 4.26. The van der Waals surface area contributed by atoms with Gasteiger partial charge in [0.05, 0.1) is 34.4 Å². The number of anilines is 2. The van der Waals surface area contributed by atoms with Gasteiger partial charge in [-0.25, -0.2) is 4.79 Å². The number of carboxylic acid groups (broad SMARTS) is 1. The molecular weight excluding hydrogens is 517 g/mol. The van der Waals surface area contributed by atoms with Gasteiger partial charge in [0.15, 0.2) is 11.3 Å². The number of amides is 2. The first-order valence-corrected chi connectivity index (χ1v) is 11.5. The van der Waals surface area contributed by atoms with Crippen LogP contribution < -0.4 is 10.2 Å². The number of hydrogen-bond acceptors (Lipinski definition) is 6. The lowest BCUT2D eigenvalue weighted by Gasteiger charge is -2.29. The second kappa shape index (κ2) is 9.75. The average Bonchev–Trinajstić information content (AvgIpc) is 3.23. The van der Waals surface area contributed by atoms with Crippen molar-refractivity contribution >= 4 is 40.4 Å². The van der Waals surface area contributed by atoms with Gasteiger partial charge in [-0.2, -0.15) is 18.4 Å². The third-order valence-corrected chi connectivity index (χ3v) is 6.53. The minimum Gasteiger partial charge on any atom is -0.478 e. The molecule has 2 aliphatic rings. The number of nitrogens with one attached hydrogen (secondary N) is 1. The third-order valence-electron chi connectivity index (χ3n) is 6.53. The highest BCUT2D eigenvalue weighted by Gasteiger charge is 2.47. The monoisotopic (exact) mass is 538 g/mol. The molecule has 2 aromatic rings. The molecule has 0 saturated carbocycles. The van der Waals surface area contributed by atoms with Gasteiger partial charge in [-0.05, 0) is 54.5 Å². The number of benzene rings is 2. The van der Waals surface area contributed by atoms with Crippen LogP contribution in [0.4, 0.5) is 24.5 Å². The van der Waals surface area contributed by atoms with E-state index < -0.39 is 41.0 Å². The molecule has 2 aromatic carbocycles. The number of halogens is 3. The molecule has 0 radical (unpaired) electrons. The number of rotatable bonds is 5. The summed E-state index contributed by atoms with van der Waals surface area (Å²) in [6.07, 6.45) is -0.380. The minimum absolute atomic E-state index is 0.0614.